The average Bonchev–Trinajstić information content (AvgIpc) is 3.41. The number of aromatic nitrogens is 1. The molecule has 0 saturated heterocycles. The van der Waals surface area contributed by atoms with Crippen LogP contribution in [0.25, 0.3) is 11.1 Å². The zero-order valence-electron chi connectivity index (χ0n) is 19.9. The van der Waals surface area contributed by atoms with Crippen molar-refractivity contribution < 1.29 is 28.3 Å². The highest BCUT2D eigenvalue weighted by Gasteiger charge is 2.35. The number of amides is 1. The number of fused-ring (bicyclic) bond motifs is 2. The second kappa shape index (κ2) is 9.21. The van der Waals surface area contributed by atoms with Gasteiger partial charge in [-0.15, -0.1) is 11.3 Å². The van der Waals surface area contributed by atoms with Crippen molar-refractivity contribution in [3.8, 4) is 0 Å². The number of oxazole rings is 1. The number of para-hydroxylation sites is 1. The molecule has 3 aromatic rings. The molecule has 1 aliphatic rings. The summed E-state index contributed by atoms with van der Waals surface area (Å²) in [7, 11) is 1.33. The number of hydrogen-bond donors (Lipinski definition) is 1. The number of ether oxygens (including phenoxy) is 2. The molecule has 2 heterocycles. The van der Waals surface area contributed by atoms with Gasteiger partial charge in [-0.1, -0.05) is 26.8 Å². The van der Waals surface area contributed by atoms with Gasteiger partial charge in [0.05, 0.1) is 18.2 Å². The maximum atomic E-state index is 12.9. The first kappa shape index (κ1) is 23.9. The molecule has 1 aromatic carbocycles. The van der Waals surface area contributed by atoms with Crippen molar-refractivity contribution in [2.75, 3.05) is 12.4 Å². The Labute approximate surface area is 201 Å². The lowest BCUT2D eigenvalue weighted by Gasteiger charge is -2.33. The van der Waals surface area contributed by atoms with Gasteiger partial charge in [0.2, 0.25) is 0 Å². The fraction of sp³-hybridized carbons (Fsp3) is 0.440. The second-order valence-electron chi connectivity index (χ2n) is 9.55. The largest absolute Gasteiger partial charge is 0.465 e. The smallest absolute Gasteiger partial charge is 0.341 e. The van der Waals surface area contributed by atoms with Crippen LogP contribution in [-0.4, -0.2) is 36.0 Å². The van der Waals surface area contributed by atoms with Crippen molar-refractivity contribution in [2.24, 2.45) is 11.3 Å². The van der Waals surface area contributed by atoms with E-state index in [1.807, 2.05) is 0 Å². The highest BCUT2D eigenvalue weighted by Crippen LogP contribution is 2.44. The summed E-state index contributed by atoms with van der Waals surface area (Å²) in [5, 5.41) is 3.22. The van der Waals surface area contributed by atoms with Crippen LogP contribution in [0.4, 0.5) is 5.00 Å². The van der Waals surface area contributed by atoms with Gasteiger partial charge in [0, 0.05) is 4.88 Å². The van der Waals surface area contributed by atoms with Crippen LogP contribution in [0.1, 0.15) is 65.3 Å². The molecule has 1 aliphatic carbocycles. The van der Waals surface area contributed by atoms with Crippen molar-refractivity contribution in [3.05, 3.63) is 46.2 Å². The second-order valence-corrected chi connectivity index (χ2v) is 10.7. The van der Waals surface area contributed by atoms with E-state index >= 15 is 0 Å². The summed E-state index contributed by atoms with van der Waals surface area (Å²) >= 11 is 1.39. The third-order valence-corrected chi connectivity index (χ3v) is 7.52. The summed E-state index contributed by atoms with van der Waals surface area (Å²) < 4.78 is 15.6. The van der Waals surface area contributed by atoms with Crippen LogP contribution in [0, 0.1) is 11.3 Å². The Morgan fingerprint density at radius 3 is 2.71 bits per heavy atom. The van der Waals surface area contributed by atoms with Gasteiger partial charge in [0.15, 0.2) is 18.1 Å². The molecule has 0 spiro atoms. The first-order valence-corrected chi connectivity index (χ1v) is 12.0. The molecule has 0 bridgehead atoms. The molecule has 2 atom stereocenters. The molecule has 9 heteroatoms. The van der Waals surface area contributed by atoms with Crippen LogP contribution < -0.4 is 5.32 Å². The molecule has 2 unspecified atom stereocenters. The Balaban J connectivity index is 1.53. The summed E-state index contributed by atoms with van der Waals surface area (Å²) in [4.78, 5) is 43.3. The number of thiophene rings is 1. The number of carbonyl (C=O) groups is 3. The normalized spacial score (nSPS) is 16.6. The molecule has 4 rings (SSSR count). The molecular weight excluding hydrogens is 456 g/mol. The number of carbonyl (C=O) groups excluding carboxylic acids is 3. The van der Waals surface area contributed by atoms with E-state index in [2.05, 4.69) is 31.1 Å². The summed E-state index contributed by atoms with van der Waals surface area (Å²) in [5.74, 6) is -1.22. The van der Waals surface area contributed by atoms with Crippen molar-refractivity contribution >= 4 is 45.3 Å². The molecule has 0 radical (unpaired) electrons. The van der Waals surface area contributed by atoms with Crippen molar-refractivity contribution in [1.29, 1.82) is 0 Å². The van der Waals surface area contributed by atoms with Gasteiger partial charge in [0.1, 0.15) is 10.5 Å². The van der Waals surface area contributed by atoms with E-state index in [1.165, 1.54) is 31.8 Å². The summed E-state index contributed by atoms with van der Waals surface area (Å²) in [6.45, 7) is 8.14. The van der Waals surface area contributed by atoms with E-state index in [0.717, 1.165) is 29.7 Å². The van der Waals surface area contributed by atoms with Gasteiger partial charge in [-0.2, -0.15) is 0 Å². The monoisotopic (exact) mass is 484 g/mol. The van der Waals surface area contributed by atoms with E-state index in [9.17, 15) is 14.4 Å². The number of anilines is 1. The number of methoxy groups -OCH3 is 1. The van der Waals surface area contributed by atoms with E-state index in [-0.39, 0.29) is 11.0 Å². The fourth-order valence-electron chi connectivity index (χ4n) is 4.27. The molecule has 0 aliphatic heterocycles. The maximum absolute atomic E-state index is 12.9. The van der Waals surface area contributed by atoms with Gasteiger partial charge in [-0.25, -0.2) is 14.6 Å². The molecule has 1 amide bonds. The van der Waals surface area contributed by atoms with Crippen LogP contribution in [0.5, 0.6) is 0 Å². The fourth-order valence-corrected chi connectivity index (χ4v) is 5.59. The Bertz CT molecular complexity index is 1250. The molecule has 0 fully saturated rings. The molecule has 180 valence electrons. The van der Waals surface area contributed by atoms with Crippen LogP contribution >= 0.6 is 11.3 Å². The third kappa shape index (κ3) is 4.57. The number of nitrogens with one attached hydrogen (secondary N) is 1. The van der Waals surface area contributed by atoms with Crippen molar-refractivity contribution in [2.45, 2.75) is 53.1 Å². The Hall–Kier alpha value is -3.20. The zero-order valence-corrected chi connectivity index (χ0v) is 20.7. The van der Waals surface area contributed by atoms with Crippen molar-refractivity contribution in [1.82, 2.24) is 4.98 Å². The predicted octanol–water partition coefficient (Wildman–Crippen LogP) is 5.01. The Morgan fingerprint density at radius 2 is 2.00 bits per heavy atom. The summed E-state index contributed by atoms with van der Waals surface area (Å²) in [6, 6.07) is 4.90. The predicted molar refractivity (Wildman–Crippen MR) is 128 cm³/mol. The lowest BCUT2D eigenvalue weighted by atomic mass is 9.72. The minimum absolute atomic E-state index is 0.145. The van der Waals surface area contributed by atoms with Gasteiger partial charge in [-0.05, 0) is 55.2 Å². The van der Waals surface area contributed by atoms with Crippen molar-refractivity contribution in [3.63, 3.8) is 0 Å². The van der Waals surface area contributed by atoms with Gasteiger partial charge >= 0.3 is 11.9 Å². The number of benzene rings is 1. The van der Waals surface area contributed by atoms with E-state index in [0.29, 0.717) is 27.6 Å². The Kier molecular flexibility index (Phi) is 6.49. The SMILES string of the molecule is COC(=O)c1c(NC(=O)C(C)OC(=O)c2cccc3ocnc23)sc2c1CCC(C(C)(C)C)C2. The van der Waals surface area contributed by atoms with Gasteiger partial charge in [-0.3, -0.25) is 4.79 Å². The maximum Gasteiger partial charge on any atom is 0.341 e. The first-order chi connectivity index (χ1) is 16.1. The van der Waals surface area contributed by atoms with Crippen LogP contribution in [-0.2, 0) is 27.1 Å². The highest BCUT2D eigenvalue weighted by molar-refractivity contribution is 7.17. The van der Waals surface area contributed by atoms with Gasteiger partial charge < -0.3 is 19.2 Å². The van der Waals surface area contributed by atoms with Crippen LogP contribution in [0.3, 0.4) is 0 Å². The number of nitrogens with zero attached hydrogens (tertiary/aromatic N) is 1. The molecule has 8 nitrogen and oxygen atoms in total. The number of hydrogen-bond acceptors (Lipinski definition) is 8. The van der Waals surface area contributed by atoms with Crippen LogP contribution in [0.15, 0.2) is 29.0 Å². The number of esters is 2. The third-order valence-electron chi connectivity index (χ3n) is 6.35. The average molecular weight is 485 g/mol. The summed E-state index contributed by atoms with van der Waals surface area (Å²) in [6.07, 6.45) is 2.71. The minimum Gasteiger partial charge on any atom is -0.465 e. The van der Waals surface area contributed by atoms with E-state index < -0.39 is 23.9 Å². The van der Waals surface area contributed by atoms with Gasteiger partial charge in [0.25, 0.3) is 5.91 Å². The van der Waals surface area contributed by atoms with Crippen LogP contribution in [0.2, 0.25) is 0 Å². The minimum atomic E-state index is -1.10. The first-order valence-electron chi connectivity index (χ1n) is 11.2. The highest BCUT2D eigenvalue weighted by atomic mass is 32.1. The zero-order chi connectivity index (χ0) is 24.6. The van der Waals surface area contributed by atoms with E-state index in [4.69, 9.17) is 13.9 Å². The lowest BCUT2D eigenvalue weighted by molar-refractivity contribution is -0.123. The Morgan fingerprint density at radius 1 is 1.24 bits per heavy atom. The number of rotatable bonds is 5. The molecule has 0 saturated carbocycles. The topological polar surface area (TPSA) is 108 Å². The quantitative estimate of drug-likeness (QED) is 0.507. The lowest BCUT2D eigenvalue weighted by Crippen LogP contribution is -2.30. The summed E-state index contributed by atoms with van der Waals surface area (Å²) in [5.41, 5.74) is 2.51. The van der Waals surface area contributed by atoms with E-state index in [1.54, 1.807) is 18.2 Å². The molecule has 2 aromatic heterocycles. The molecule has 34 heavy (non-hydrogen) atoms. The molecular formula is C25H28N2O6S. The molecule has 1 N–H and O–H groups in total. The standard InChI is InChI=1S/C25H28N2O6S/c1-13(33-23(29)16-7-6-8-17-20(16)26-12-32-17)21(28)27-22-19(24(30)31-5)15-10-9-14(25(2,3)4)11-18(15)34-22/h6-8,12-14H,9-11H2,1-5H3,(H,27,28).